The smallest absolute Gasteiger partial charge is 0.255 e. The summed E-state index contributed by atoms with van der Waals surface area (Å²) in [5.74, 6) is 1.77. The summed E-state index contributed by atoms with van der Waals surface area (Å²) in [5, 5.41) is 5.69. The molecule has 2 heterocycles. The van der Waals surface area contributed by atoms with Crippen LogP contribution in [0.1, 0.15) is 36.7 Å². The number of carbonyl (C=O) groups is 2. The van der Waals surface area contributed by atoms with Gasteiger partial charge in [-0.25, -0.2) is 14.4 Å². The number of terminal acetylenes is 1. The van der Waals surface area contributed by atoms with Crippen LogP contribution in [0, 0.1) is 18.2 Å². The first kappa shape index (κ1) is 24.8. The van der Waals surface area contributed by atoms with Crippen LogP contribution in [-0.4, -0.2) is 33.8 Å². The van der Waals surface area contributed by atoms with Crippen LogP contribution < -0.4 is 15.5 Å². The molecule has 0 saturated carbocycles. The van der Waals surface area contributed by atoms with Gasteiger partial charge in [0.25, 0.3) is 5.91 Å². The van der Waals surface area contributed by atoms with Crippen molar-refractivity contribution in [3.05, 3.63) is 65.6 Å². The second-order valence-corrected chi connectivity index (χ2v) is 9.57. The molecule has 0 fully saturated rings. The number of nitrogens with zero attached hydrogens (tertiary/aromatic N) is 4. The molecular formula is C26H23FN6O2S. The number of aromatic nitrogens is 3. The third-order valence-electron chi connectivity index (χ3n) is 5.51. The molecule has 4 rings (SSSR count). The molecule has 10 heteroatoms. The van der Waals surface area contributed by atoms with Crippen LogP contribution in [0.5, 0.6) is 0 Å². The maximum Gasteiger partial charge on any atom is 0.255 e. The standard InChI is InChI=1S/C26H23FN6O2S/c1-6-26(3,4)17-9-7-8-16(12-17)22(35)30-20-13-18(10-11-19(20)27)33(5)24-28-14-21-23(32-24)36-25(31-21)29-15(2)34/h1,7-14H,2-5H3,(H,30,35)(H,29,31,34). The fraction of sp³-hybridized carbons (Fsp3) is 0.192. The van der Waals surface area contributed by atoms with Gasteiger partial charge in [0, 0.05) is 25.2 Å². The number of anilines is 4. The number of amides is 2. The number of nitrogens with one attached hydrogen (secondary N) is 2. The van der Waals surface area contributed by atoms with E-state index in [1.165, 1.54) is 30.4 Å². The maximum absolute atomic E-state index is 14.6. The lowest BCUT2D eigenvalue weighted by atomic mass is 9.85. The largest absolute Gasteiger partial charge is 0.319 e. The summed E-state index contributed by atoms with van der Waals surface area (Å²) in [6.45, 7) is 5.17. The third-order valence-corrected chi connectivity index (χ3v) is 6.39. The Morgan fingerprint density at radius 2 is 1.92 bits per heavy atom. The van der Waals surface area contributed by atoms with E-state index < -0.39 is 17.1 Å². The van der Waals surface area contributed by atoms with E-state index in [0.29, 0.717) is 32.7 Å². The van der Waals surface area contributed by atoms with Crippen molar-refractivity contribution >= 4 is 56.0 Å². The highest BCUT2D eigenvalue weighted by atomic mass is 32.1. The minimum Gasteiger partial charge on any atom is -0.319 e. The van der Waals surface area contributed by atoms with E-state index in [9.17, 15) is 14.0 Å². The number of hydrogen-bond acceptors (Lipinski definition) is 7. The first-order valence-electron chi connectivity index (χ1n) is 10.9. The van der Waals surface area contributed by atoms with Crippen LogP contribution in [0.25, 0.3) is 10.3 Å². The molecule has 0 spiro atoms. The monoisotopic (exact) mass is 502 g/mol. The third kappa shape index (κ3) is 5.16. The van der Waals surface area contributed by atoms with Crippen LogP contribution in [0.15, 0.2) is 48.7 Å². The Balaban J connectivity index is 1.58. The van der Waals surface area contributed by atoms with Crippen molar-refractivity contribution in [3.63, 3.8) is 0 Å². The number of halogens is 1. The van der Waals surface area contributed by atoms with Gasteiger partial charge in [-0.1, -0.05) is 29.4 Å². The fourth-order valence-electron chi connectivity index (χ4n) is 3.35. The highest BCUT2D eigenvalue weighted by Crippen LogP contribution is 2.30. The molecule has 2 amide bonds. The Labute approximate surface area is 211 Å². The molecule has 0 atom stereocenters. The van der Waals surface area contributed by atoms with Crippen LogP contribution in [0.4, 0.5) is 26.8 Å². The van der Waals surface area contributed by atoms with E-state index in [0.717, 1.165) is 5.56 Å². The van der Waals surface area contributed by atoms with Crippen molar-refractivity contribution in [3.8, 4) is 12.3 Å². The molecule has 0 saturated heterocycles. The molecule has 2 N–H and O–H groups in total. The van der Waals surface area contributed by atoms with Gasteiger partial charge in [0.2, 0.25) is 11.9 Å². The Kier molecular flexibility index (Phi) is 6.68. The summed E-state index contributed by atoms with van der Waals surface area (Å²) in [6, 6.07) is 11.3. The lowest BCUT2D eigenvalue weighted by Crippen LogP contribution is -2.18. The highest BCUT2D eigenvalue weighted by molar-refractivity contribution is 7.21. The number of carbonyl (C=O) groups excluding carboxylic acids is 2. The Hall–Kier alpha value is -4.36. The van der Waals surface area contributed by atoms with E-state index >= 15 is 0 Å². The average molecular weight is 503 g/mol. The molecule has 0 radical (unpaired) electrons. The molecule has 0 unspecified atom stereocenters. The van der Waals surface area contributed by atoms with E-state index in [1.54, 1.807) is 42.4 Å². The van der Waals surface area contributed by atoms with E-state index in [1.807, 2.05) is 19.9 Å². The molecule has 0 aliphatic rings. The second kappa shape index (κ2) is 9.71. The van der Waals surface area contributed by atoms with E-state index in [-0.39, 0.29) is 11.6 Å². The van der Waals surface area contributed by atoms with Gasteiger partial charge in [0.1, 0.15) is 11.3 Å². The number of fused-ring (bicyclic) bond motifs is 1. The van der Waals surface area contributed by atoms with Crippen molar-refractivity contribution in [2.24, 2.45) is 0 Å². The summed E-state index contributed by atoms with van der Waals surface area (Å²) >= 11 is 1.22. The molecule has 182 valence electrons. The zero-order chi connectivity index (χ0) is 26.0. The molecule has 2 aromatic heterocycles. The zero-order valence-electron chi connectivity index (χ0n) is 20.1. The molecule has 0 aliphatic heterocycles. The van der Waals surface area contributed by atoms with Crippen molar-refractivity contribution in [1.82, 2.24) is 15.0 Å². The molecular weight excluding hydrogens is 479 g/mol. The number of hydrogen-bond donors (Lipinski definition) is 2. The first-order valence-corrected chi connectivity index (χ1v) is 11.7. The quantitative estimate of drug-likeness (QED) is 0.355. The molecule has 4 aromatic rings. The van der Waals surface area contributed by atoms with Crippen molar-refractivity contribution < 1.29 is 14.0 Å². The van der Waals surface area contributed by atoms with Crippen LogP contribution in [0.2, 0.25) is 0 Å². The Bertz CT molecular complexity index is 1520. The minimum atomic E-state index is -0.584. The first-order chi connectivity index (χ1) is 17.1. The predicted octanol–water partition coefficient (Wildman–Crippen LogP) is 5.11. The SMILES string of the molecule is C#CC(C)(C)c1cccc(C(=O)Nc2cc(N(C)c3ncc4nc(NC(C)=O)sc4n3)ccc2F)c1. The van der Waals surface area contributed by atoms with E-state index in [4.69, 9.17) is 6.42 Å². The minimum absolute atomic E-state index is 0.0118. The van der Waals surface area contributed by atoms with Gasteiger partial charge in [-0.2, -0.15) is 4.98 Å². The maximum atomic E-state index is 14.6. The lowest BCUT2D eigenvalue weighted by molar-refractivity contribution is -0.114. The highest BCUT2D eigenvalue weighted by Gasteiger charge is 2.20. The molecule has 36 heavy (non-hydrogen) atoms. The summed E-state index contributed by atoms with van der Waals surface area (Å²) in [5.41, 5.74) is 1.74. The summed E-state index contributed by atoms with van der Waals surface area (Å²) in [7, 11) is 1.72. The van der Waals surface area contributed by atoms with Crippen LogP contribution >= 0.6 is 11.3 Å². The normalized spacial score (nSPS) is 11.1. The summed E-state index contributed by atoms with van der Waals surface area (Å²) < 4.78 is 14.6. The van der Waals surface area contributed by atoms with Crippen LogP contribution in [-0.2, 0) is 10.2 Å². The average Bonchev–Trinajstić information content (AvgIpc) is 3.25. The number of thiazole rings is 1. The second-order valence-electron chi connectivity index (χ2n) is 8.59. The summed E-state index contributed by atoms with van der Waals surface area (Å²) in [4.78, 5) is 39.5. The van der Waals surface area contributed by atoms with Gasteiger partial charge in [-0.3, -0.25) is 9.59 Å². The molecule has 0 bridgehead atoms. The van der Waals surface area contributed by atoms with Crippen molar-refractivity contribution in [1.29, 1.82) is 0 Å². The molecule has 2 aromatic carbocycles. The summed E-state index contributed by atoms with van der Waals surface area (Å²) in [6.07, 6.45) is 7.17. The molecule has 8 nitrogen and oxygen atoms in total. The predicted molar refractivity (Wildman–Crippen MR) is 140 cm³/mol. The fourth-order valence-corrected chi connectivity index (χ4v) is 4.20. The van der Waals surface area contributed by atoms with E-state index in [2.05, 4.69) is 31.5 Å². The Morgan fingerprint density at radius 3 is 2.64 bits per heavy atom. The topological polar surface area (TPSA) is 100 Å². The molecule has 0 aliphatic carbocycles. The van der Waals surface area contributed by atoms with Gasteiger partial charge in [0.15, 0.2) is 9.96 Å². The van der Waals surface area contributed by atoms with Gasteiger partial charge in [0.05, 0.1) is 17.3 Å². The van der Waals surface area contributed by atoms with Gasteiger partial charge < -0.3 is 15.5 Å². The number of rotatable bonds is 6. The lowest BCUT2D eigenvalue weighted by Gasteiger charge is -2.19. The van der Waals surface area contributed by atoms with Crippen LogP contribution in [0.3, 0.4) is 0 Å². The van der Waals surface area contributed by atoms with Crippen molar-refractivity contribution in [2.45, 2.75) is 26.2 Å². The number of benzene rings is 2. The van der Waals surface area contributed by atoms with Gasteiger partial charge in [-0.15, -0.1) is 6.42 Å². The zero-order valence-corrected chi connectivity index (χ0v) is 20.9. The van der Waals surface area contributed by atoms with Gasteiger partial charge in [-0.05, 0) is 49.7 Å². The van der Waals surface area contributed by atoms with Gasteiger partial charge >= 0.3 is 0 Å². The Morgan fingerprint density at radius 1 is 1.14 bits per heavy atom. The van der Waals surface area contributed by atoms with Crippen molar-refractivity contribution in [2.75, 3.05) is 22.6 Å².